The molecule has 1 aliphatic heterocycles. The van der Waals surface area contributed by atoms with E-state index in [9.17, 15) is 0 Å². The summed E-state index contributed by atoms with van der Waals surface area (Å²) in [5, 5.41) is 3.14. The highest BCUT2D eigenvalue weighted by Crippen LogP contribution is 2.44. The summed E-state index contributed by atoms with van der Waals surface area (Å²) in [6.07, 6.45) is 4.09. The van der Waals surface area contributed by atoms with Gasteiger partial charge in [-0.05, 0) is 49.2 Å². The lowest BCUT2D eigenvalue weighted by molar-refractivity contribution is -0.0395. The fraction of sp³-hybridized carbons (Fsp3) is 0.240. The number of pyridine rings is 1. The summed E-state index contributed by atoms with van der Waals surface area (Å²) in [4.78, 5) is 15.3. The first-order valence-electron chi connectivity index (χ1n) is 10.7. The van der Waals surface area contributed by atoms with Crippen molar-refractivity contribution in [2.75, 3.05) is 0 Å². The molecule has 0 bridgehead atoms. The Morgan fingerprint density at radius 3 is 2.79 bits per heavy atom. The highest BCUT2D eigenvalue weighted by Gasteiger charge is 2.32. The smallest absolute Gasteiger partial charge is 0.152 e. The predicted octanol–water partition coefficient (Wildman–Crippen LogP) is 7.95. The number of hydrogen-bond donors (Lipinski definition) is 0. The van der Waals surface area contributed by atoms with E-state index in [0.29, 0.717) is 16.7 Å². The second kappa shape index (κ2) is 8.50. The minimum Gasteiger partial charge on any atom is -0.463 e. The van der Waals surface area contributed by atoms with Crippen molar-refractivity contribution < 1.29 is 9.15 Å². The van der Waals surface area contributed by atoms with Gasteiger partial charge in [0.2, 0.25) is 0 Å². The third-order valence-electron chi connectivity index (χ3n) is 5.91. The number of aromatic nitrogens is 3. The molecular weight excluding hydrogens is 509 g/mol. The third kappa shape index (κ3) is 3.89. The van der Waals surface area contributed by atoms with E-state index in [1.165, 1.54) is 5.56 Å². The molecule has 1 aromatic carbocycles. The Kier molecular flexibility index (Phi) is 5.58. The third-order valence-corrected chi connectivity index (χ3v) is 8.92. The van der Waals surface area contributed by atoms with Crippen molar-refractivity contribution in [3.8, 4) is 11.5 Å². The lowest BCUT2D eigenvalue weighted by Crippen LogP contribution is -2.32. The van der Waals surface area contributed by atoms with Gasteiger partial charge < -0.3 is 9.15 Å². The van der Waals surface area contributed by atoms with Crippen molar-refractivity contribution in [1.29, 1.82) is 0 Å². The molecule has 0 unspecified atom stereocenters. The number of halogens is 2. The summed E-state index contributed by atoms with van der Waals surface area (Å²) in [7, 11) is 0. The normalized spacial score (nSPS) is 15.2. The number of ether oxygens (including phenoxy) is 1. The highest BCUT2D eigenvalue weighted by molar-refractivity contribution is 7.98. The molecule has 0 atom stereocenters. The molecule has 0 aliphatic carbocycles. The summed E-state index contributed by atoms with van der Waals surface area (Å²) in [5.41, 5.74) is 4.91. The van der Waals surface area contributed by atoms with Crippen molar-refractivity contribution >= 4 is 66.7 Å². The van der Waals surface area contributed by atoms with Crippen molar-refractivity contribution in [1.82, 2.24) is 15.0 Å². The number of thiophene rings is 1. The maximum atomic E-state index is 6.20. The Balaban J connectivity index is 1.50. The van der Waals surface area contributed by atoms with Crippen LogP contribution in [0.3, 0.4) is 0 Å². The summed E-state index contributed by atoms with van der Waals surface area (Å²) >= 11 is 15.6. The maximum Gasteiger partial charge on any atom is 0.152 e. The van der Waals surface area contributed by atoms with E-state index in [2.05, 4.69) is 18.8 Å². The van der Waals surface area contributed by atoms with Crippen molar-refractivity contribution in [2.24, 2.45) is 0 Å². The van der Waals surface area contributed by atoms with E-state index in [0.717, 1.165) is 60.2 Å². The zero-order valence-electron chi connectivity index (χ0n) is 18.4. The first-order chi connectivity index (χ1) is 16.4. The summed E-state index contributed by atoms with van der Waals surface area (Å²) in [6, 6.07) is 9.54. The highest BCUT2D eigenvalue weighted by atomic mass is 35.5. The second-order valence-corrected chi connectivity index (χ2v) is 11.6. The van der Waals surface area contributed by atoms with Gasteiger partial charge in [0.25, 0.3) is 0 Å². The fourth-order valence-electron chi connectivity index (χ4n) is 4.29. The first kappa shape index (κ1) is 22.3. The van der Waals surface area contributed by atoms with E-state index in [-0.39, 0.29) is 5.60 Å². The quantitative estimate of drug-likeness (QED) is 0.174. The largest absolute Gasteiger partial charge is 0.463 e. The molecule has 6 rings (SSSR count). The van der Waals surface area contributed by atoms with Gasteiger partial charge in [0, 0.05) is 23.1 Å². The molecule has 9 heteroatoms. The van der Waals surface area contributed by atoms with Crippen molar-refractivity contribution in [2.45, 2.75) is 43.3 Å². The van der Waals surface area contributed by atoms with Crippen molar-refractivity contribution in [3.05, 3.63) is 69.7 Å². The molecule has 172 valence electrons. The van der Waals surface area contributed by atoms with Gasteiger partial charge in [0.05, 0.1) is 38.7 Å². The molecule has 4 aromatic heterocycles. The van der Waals surface area contributed by atoms with E-state index < -0.39 is 0 Å². The van der Waals surface area contributed by atoms with Crippen LogP contribution in [0.2, 0.25) is 10.0 Å². The van der Waals surface area contributed by atoms with Crippen LogP contribution in [0.15, 0.2) is 52.4 Å². The van der Waals surface area contributed by atoms with Crippen LogP contribution in [-0.4, -0.2) is 20.6 Å². The zero-order valence-corrected chi connectivity index (χ0v) is 21.5. The Hall–Kier alpha value is -2.16. The van der Waals surface area contributed by atoms with E-state index >= 15 is 0 Å². The molecule has 1 aliphatic rings. The molecule has 0 saturated heterocycles. The van der Waals surface area contributed by atoms with Gasteiger partial charge >= 0.3 is 0 Å². The lowest BCUT2D eigenvalue weighted by Gasteiger charge is -2.32. The molecule has 0 saturated carbocycles. The minimum absolute atomic E-state index is 0.269. The molecule has 5 nitrogen and oxygen atoms in total. The summed E-state index contributed by atoms with van der Waals surface area (Å²) < 4.78 is 12.9. The van der Waals surface area contributed by atoms with Crippen LogP contribution < -0.4 is 0 Å². The summed E-state index contributed by atoms with van der Waals surface area (Å²) in [5.74, 6) is 1.47. The second-order valence-electron chi connectivity index (χ2n) is 8.80. The van der Waals surface area contributed by atoms with Crippen LogP contribution in [0.1, 0.15) is 30.5 Å². The average molecular weight is 528 g/mol. The van der Waals surface area contributed by atoms with Gasteiger partial charge in [-0.1, -0.05) is 29.3 Å². The molecule has 5 heterocycles. The molecular formula is C25H19Cl2N3O2S2. The lowest BCUT2D eigenvalue weighted by atomic mass is 9.89. The van der Waals surface area contributed by atoms with Crippen LogP contribution >= 0.6 is 46.3 Å². The Morgan fingerprint density at radius 2 is 2.00 bits per heavy atom. The van der Waals surface area contributed by atoms with Gasteiger partial charge in [0.1, 0.15) is 21.9 Å². The molecule has 0 N–H and O–H groups in total. The first-order valence-corrected chi connectivity index (χ1v) is 13.3. The minimum atomic E-state index is -0.269. The van der Waals surface area contributed by atoms with Crippen LogP contribution in [-0.2, 0) is 23.5 Å². The van der Waals surface area contributed by atoms with Crippen LogP contribution in [0, 0.1) is 0 Å². The zero-order chi connectivity index (χ0) is 23.4. The topological polar surface area (TPSA) is 61.0 Å². The number of thioether (sulfide) groups is 1. The van der Waals surface area contributed by atoms with E-state index in [1.807, 2.05) is 30.3 Å². The Labute approximate surface area is 214 Å². The van der Waals surface area contributed by atoms with E-state index in [1.54, 1.807) is 35.7 Å². The molecule has 0 amide bonds. The van der Waals surface area contributed by atoms with Crippen LogP contribution in [0.5, 0.6) is 0 Å². The molecule has 0 spiro atoms. The number of fused-ring (bicyclic) bond motifs is 5. The number of nitrogens with zero attached hydrogens (tertiary/aromatic N) is 3. The standard InChI is InChI=1S/C25H19Cl2N3O2S2/c1-25(2)9-14-15(10-32-25)20(18-4-3-7-31-18)30-23-19(14)21-22(34-23)24(29-12-28-21)33-11-13-5-6-16(26)17(27)8-13/h3-8,12H,9-11H2,1-2H3. The maximum absolute atomic E-state index is 6.20. The Bertz CT molecular complexity index is 1550. The molecule has 34 heavy (non-hydrogen) atoms. The van der Waals surface area contributed by atoms with Gasteiger partial charge in [0.15, 0.2) is 5.76 Å². The van der Waals surface area contributed by atoms with E-state index in [4.69, 9.17) is 42.3 Å². The van der Waals surface area contributed by atoms with Crippen LogP contribution in [0.25, 0.3) is 31.9 Å². The molecule has 0 fully saturated rings. The Morgan fingerprint density at radius 1 is 1.12 bits per heavy atom. The van der Waals surface area contributed by atoms with Gasteiger partial charge in [-0.3, -0.25) is 0 Å². The van der Waals surface area contributed by atoms with Crippen molar-refractivity contribution in [3.63, 3.8) is 0 Å². The average Bonchev–Trinajstić information content (AvgIpc) is 3.47. The van der Waals surface area contributed by atoms with Crippen LogP contribution in [0.4, 0.5) is 0 Å². The predicted molar refractivity (Wildman–Crippen MR) is 139 cm³/mol. The number of furan rings is 1. The van der Waals surface area contributed by atoms with Gasteiger partial charge in [-0.2, -0.15) is 0 Å². The SMILES string of the molecule is CC1(C)Cc2c(c(-c3ccco3)nc3sc4c(SCc5ccc(Cl)c(Cl)c5)ncnc4c23)CO1. The molecule has 5 aromatic rings. The van der Waals surface area contributed by atoms with Gasteiger partial charge in [-0.25, -0.2) is 15.0 Å². The number of hydrogen-bond acceptors (Lipinski definition) is 7. The number of rotatable bonds is 4. The van der Waals surface area contributed by atoms with Gasteiger partial charge in [-0.15, -0.1) is 23.1 Å². The fourth-order valence-corrected chi connectivity index (χ4v) is 6.78. The monoisotopic (exact) mass is 527 g/mol. The number of benzene rings is 1. The molecule has 0 radical (unpaired) electrons. The summed E-state index contributed by atoms with van der Waals surface area (Å²) in [6.45, 7) is 4.73.